The van der Waals surface area contributed by atoms with Crippen LogP contribution in [-0.2, 0) is 22.9 Å². The molecule has 2 aromatic rings. The van der Waals surface area contributed by atoms with Crippen LogP contribution in [-0.4, -0.2) is 28.7 Å². The Morgan fingerprint density at radius 2 is 1.96 bits per heavy atom. The number of aryl methyl sites for hydroxylation is 1. The van der Waals surface area contributed by atoms with E-state index in [1.54, 1.807) is 19.2 Å². The van der Waals surface area contributed by atoms with Gasteiger partial charge in [-0.1, -0.05) is 12.1 Å². The van der Waals surface area contributed by atoms with Crippen molar-refractivity contribution in [2.24, 2.45) is 0 Å². The molecule has 0 aliphatic carbocycles. The average Bonchev–Trinajstić information content (AvgIpc) is 2.61. The van der Waals surface area contributed by atoms with Crippen molar-refractivity contribution in [3.05, 3.63) is 53.6 Å². The Morgan fingerprint density at radius 1 is 1.17 bits per heavy atom. The van der Waals surface area contributed by atoms with E-state index in [9.17, 15) is 8.42 Å². The summed E-state index contributed by atoms with van der Waals surface area (Å²) in [6.45, 7) is 1.13. The smallest absolute Gasteiger partial charge is 0.240 e. The Kier molecular flexibility index (Phi) is 5.06. The number of fused-ring (bicyclic) bond motifs is 1. The van der Waals surface area contributed by atoms with Crippen molar-refractivity contribution in [3.8, 4) is 11.5 Å². The molecule has 0 aromatic heterocycles. The first kappa shape index (κ1) is 16.8. The molecular formula is C18H21NO4S. The number of methoxy groups -OCH3 is 1. The van der Waals surface area contributed by atoms with E-state index in [0.29, 0.717) is 18.7 Å². The van der Waals surface area contributed by atoms with Crippen molar-refractivity contribution < 1.29 is 17.9 Å². The lowest BCUT2D eigenvalue weighted by molar-refractivity contribution is 0.288. The third-order valence-corrected chi connectivity index (χ3v) is 5.53. The van der Waals surface area contributed by atoms with Gasteiger partial charge in [0.05, 0.1) is 18.6 Å². The maximum absolute atomic E-state index is 12.3. The maximum atomic E-state index is 12.3. The molecule has 6 heteroatoms. The van der Waals surface area contributed by atoms with Crippen LogP contribution in [0.15, 0.2) is 47.4 Å². The molecule has 24 heavy (non-hydrogen) atoms. The molecule has 5 nitrogen and oxygen atoms in total. The van der Waals surface area contributed by atoms with Gasteiger partial charge in [0.2, 0.25) is 10.0 Å². The third kappa shape index (κ3) is 3.88. The predicted molar refractivity (Wildman–Crippen MR) is 92.1 cm³/mol. The van der Waals surface area contributed by atoms with Gasteiger partial charge in [0.1, 0.15) is 11.5 Å². The van der Waals surface area contributed by atoms with Crippen LogP contribution in [0, 0.1) is 0 Å². The molecule has 1 aliphatic rings. The molecule has 0 atom stereocenters. The zero-order chi connectivity index (χ0) is 17.0. The highest BCUT2D eigenvalue weighted by molar-refractivity contribution is 7.89. The number of nitrogens with one attached hydrogen (secondary N) is 1. The second kappa shape index (κ2) is 7.23. The molecular weight excluding hydrogens is 326 g/mol. The van der Waals surface area contributed by atoms with Crippen LogP contribution >= 0.6 is 0 Å². The van der Waals surface area contributed by atoms with Crippen LogP contribution in [0.1, 0.15) is 17.5 Å². The van der Waals surface area contributed by atoms with Crippen LogP contribution in [0.3, 0.4) is 0 Å². The molecule has 128 valence electrons. The van der Waals surface area contributed by atoms with Gasteiger partial charge in [-0.3, -0.25) is 0 Å². The number of ether oxygens (including phenoxy) is 2. The summed E-state index contributed by atoms with van der Waals surface area (Å²) in [7, 11) is -1.96. The largest absolute Gasteiger partial charge is 0.497 e. The first-order valence-corrected chi connectivity index (χ1v) is 9.45. The summed E-state index contributed by atoms with van der Waals surface area (Å²) < 4.78 is 37.8. The summed E-state index contributed by atoms with van der Waals surface area (Å²) in [5, 5.41) is 0. The lowest BCUT2D eigenvalue weighted by atomic mass is 10.0. The van der Waals surface area contributed by atoms with Gasteiger partial charge in [-0.2, -0.15) is 0 Å². The van der Waals surface area contributed by atoms with Crippen molar-refractivity contribution in [2.45, 2.75) is 24.2 Å². The predicted octanol–water partition coefficient (Wildman–Crippen LogP) is 2.54. The maximum Gasteiger partial charge on any atom is 0.240 e. The van der Waals surface area contributed by atoms with Gasteiger partial charge in [0.15, 0.2) is 0 Å². The molecule has 1 heterocycles. The molecule has 2 aromatic carbocycles. The van der Waals surface area contributed by atoms with Crippen LogP contribution in [0.2, 0.25) is 0 Å². The van der Waals surface area contributed by atoms with Gasteiger partial charge in [0.25, 0.3) is 0 Å². The van der Waals surface area contributed by atoms with E-state index in [-0.39, 0.29) is 4.90 Å². The van der Waals surface area contributed by atoms with Crippen molar-refractivity contribution >= 4 is 10.0 Å². The summed E-state index contributed by atoms with van der Waals surface area (Å²) in [5.74, 6) is 1.58. The normalized spacial score (nSPS) is 13.9. The zero-order valence-corrected chi connectivity index (χ0v) is 14.4. The number of benzene rings is 2. The monoisotopic (exact) mass is 347 g/mol. The van der Waals surface area contributed by atoms with Crippen LogP contribution in [0.5, 0.6) is 11.5 Å². The summed E-state index contributed by atoms with van der Waals surface area (Å²) in [6.07, 6.45) is 2.68. The highest BCUT2D eigenvalue weighted by Gasteiger charge is 2.14. The fraction of sp³-hybridized carbons (Fsp3) is 0.333. The van der Waals surface area contributed by atoms with Gasteiger partial charge in [-0.05, 0) is 60.7 Å². The highest BCUT2D eigenvalue weighted by Crippen LogP contribution is 2.25. The minimum Gasteiger partial charge on any atom is -0.497 e. The van der Waals surface area contributed by atoms with Crippen LogP contribution < -0.4 is 14.2 Å². The van der Waals surface area contributed by atoms with Crippen molar-refractivity contribution in [3.63, 3.8) is 0 Å². The van der Waals surface area contributed by atoms with E-state index < -0.39 is 10.0 Å². The Labute approximate surface area is 142 Å². The van der Waals surface area contributed by atoms with Gasteiger partial charge < -0.3 is 9.47 Å². The molecule has 1 aliphatic heterocycles. The molecule has 0 spiro atoms. The van der Waals surface area contributed by atoms with Gasteiger partial charge in [0, 0.05) is 6.54 Å². The number of hydrogen-bond acceptors (Lipinski definition) is 4. The van der Waals surface area contributed by atoms with E-state index in [4.69, 9.17) is 9.47 Å². The zero-order valence-electron chi connectivity index (χ0n) is 13.6. The van der Waals surface area contributed by atoms with E-state index in [1.807, 2.05) is 12.1 Å². The number of sulfonamides is 1. The van der Waals surface area contributed by atoms with E-state index in [2.05, 4.69) is 10.8 Å². The van der Waals surface area contributed by atoms with Crippen molar-refractivity contribution in [1.29, 1.82) is 0 Å². The standard InChI is InChI=1S/C18H21NO4S/c1-22-16-5-7-17(8-6-16)24(20,21)19-11-10-14-4-9-18-15(13-14)3-2-12-23-18/h4-9,13,19H,2-3,10-12H2,1H3. The molecule has 0 radical (unpaired) electrons. The lowest BCUT2D eigenvalue weighted by Gasteiger charge is -2.18. The average molecular weight is 347 g/mol. The SMILES string of the molecule is COc1ccc(S(=O)(=O)NCCc2ccc3c(c2)CCCO3)cc1. The first-order chi connectivity index (χ1) is 11.6. The second-order valence-corrected chi connectivity index (χ2v) is 7.48. The Hall–Kier alpha value is -2.05. The Balaban J connectivity index is 1.60. The molecule has 0 unspecified atom stereocenters. The molecule has 1 N–H and O–H groups in total. The summed E-state index contributed by atoms with van der Waals surface area (Å²) in [6, 6.07) is 12.4. The molecule has 0 saturated heterocycles. The molecule has 0 saturated carbocycles. The van der Waals surface area contributed by atoms with Crippen LogP contribution in [0.25, 0.3) is 0 Å². The molecule has 0 amide bonds. The van der Waals surface area contributed by atoms with Crippen LogP contribution in [0.4, 0.5) is 0 Å². The summed E-state index contributed by atoms with van der Waals surface area (Å²) >= 11 is 0. The van der Waals surface area contributed by atoms with Gasteiger partial charge in [-0.15, -0.1) is 0 Å². The Morgan fingerprint density at radius 3 is 2.71 bits per heavy atom. The highest BCUT2D eigenvalue weighted by atomic mass is 32.2. The van der Waals surface area contributed by atoms with Gasteiger partial charge >= 0.3 is 0 Å². The van der Waals surface area contributed by atoms with Crippen molar-refractivity contribution in [2.75, 3.05) is 20.3 Å². The van der Waals surface area contributed by atoms with E-state index in [1.165, 1.54) is 17.7 Å². The fourth-order valence-electron chi connectivity index (χ4n) is 2.74. The fourth-order valence-corrected chi connectivity index (χ4v) is 3.77. The number of hydrogen-bond donors (Lipinski definition) is 1. The Bertz CT molecular complexity index is 800. The van der Waals surface area contributed by atoms with E-state index in [0.717, 1.165) is 30.8 Å². The van der Waals surface area contributed by atoms with Gasteiger partial charge in [-0.25, -0.2) is 13.1 Å². The molecule has 3 rings (SSSR count). The topological polar surface area (TPSA) is 64.6 Å². The summed E-state index contributed by atoms with van der Waals surface area (Å²) in [5.41, 5.74) is 2.31. The van der Waals surface area contributed by atoms with Crippen molar-refractivity contribution in [1.82, 2.24) is 4.72 Å². The molecule has 0 fully saturated rings. The second-order valence-electron chi connectivity index (χ2n) is 5.72. The lowest BCUT2D eigenvalue weighted by Crippen LogP contribution is -2.26. The minimum absolute atomic E-state index is 0.238. The van der Waals surface area contributed by atoms with E-state index >= 15 is 0 Å². The quantitative estimate of drug-likeness (QED) is 0.872. The first-order valence-electron chi connectivity index (χ1n) is 7.97. The third-order valence-electron chi connectivity index (χ3n) is 4.05. The minimum atomic E-state index is -3.50. The summed E-state index contributed by atoms with van der Waals surface area (Å²) in [4.78, 5) is 0.238. The number of rotatable bonds is 6. The molecule has 0 bridgehead atoms.